The second-order valence-corrected chi connectivity index (χ2v) is 7.34. The maximum Gasteiger partial charge on any atom is 0.471 e. The van der Waals surface area contributed by atoms with Gasteiger partial charge in [0, 0.05) is 16.6 Å². The first-order valence-corrected chi connectivity index (χ1v) is 8.14. The first kappa shape index (κ1) is 17.5. The molecule has 0 saturated carbocycles. The van der Waals surface area contributed by atoms with Crippen LogP contribution in [0, 0.1) is 0 Å². The van der Waals surface area contributed by atoms with Gasteiger partial charge in [0.25, 0.3) is 0 Å². The Labute approximate surface area is 145 Å². The van der Waals surface area contributed by atoms with E-state index in [1.807, 2.05) is 43.3 Å². The number of para-hydroxylation sites is 1. The smallest absolute Gasteiger partial charge is 0.299 e. The minimum atomic E-state index is -4.91. The summed E-state index contributed by atoms with van der Waals surface area (Å²) in [6.07, 6.45) is -4.52. The molecule has 5 heteroatoms. The van der Waals surface area contributed by atoms with E-state index in [1.54, 1.807) is 32.0 Å². The van der Waals surface area contributed by atoms with Crippen molar-refractivity contribution in [2.45, 2.75) is 44.3 Å². The Morgan fingerprint density at radius 3 is 2.12 bits per heavy atom. The first-order chi connectivity index (χ1) is 11.6. The molecule has 1 atom stereocenters. The normalized spacial score (nSPS) is 22.4. The number of rotatable bonds is 1. The van der Waals surface area contributed by atoms with Crippen LogP contribution in [-0.2, 0) is 10.2 Å². The Morgan fingerprint density at radius 1 is 0.960 bits per heavy atom. The molecule has 0 N–H and O–H groups in total. The van der Waals surface area contributed by atoms with Crippen molar-refractivity contribution in [3.63, 3.8) is 0 Å². The Hall–Kier alpha value is -2.30. The van der Waals surface area contributed by atoms with E-state index in [0.29, 0.717) is 12.1 Å². The van der Waals surface area contributed by atoms with Gasteiger partial charge < -0.3 is 0 Å². The zero-order valence-corrected chi connectivity index (χ0v) is 14.4. The van der Waals surface area contributed by atoms with Crippen molar-refractivity contribution >= 4 is 11.6 Å². The summed E-state index contributed by atoms with van der Waals surface area (Å²) in [5, 5.41) is 0. The highest BCUT2D eigenvalue weighted by Crippen LogP contribution is 2.51. The van der Waals surface area contributed by atoms with Crippen LogP contribution >= 0.6 is 0 Å². The quantitative estimate of drug-likeness (QED) is 0.705. The van der Waals surface area contributed by atoms with E-state index in [2.05, 4.69) is 0 Å². The molecule has 1 aliphatic rings. The summed E-state index contributed by atoms with van der Waals surface area (Å²) >= 11 is 0. The third-order valence-electron chi connectivity index (χ3n) is 4.99. The number of amides is 1. The third kappa shape index (κ3) is 2.81. The van der Waals surface area contributed by atoms with Crippen LogP contribution in [0.3, 0.4) is 0 Å². The second kappa shape index (κ2) is 5.61. The molecule has 0 radical (unpaired) electrons. The molecule has 0 aromatic heterocycles. The first-order valence-electron chi connectivity index (χ1n) is 8.14. The van der Waals surface area contributed by atoms with Crippen molar-refractivity contribution in [3.05, 3.63) is 65.7 Å². The average Bonchev–Trinajstić information content (AvgIpc) is 2.54. The van der Waals surface area contributed by atoms with Gasteiger partial charge in [-0.25, -0.2) is 0 Å². The van der Waals surface area contributed by atoms with Crippen molar-refractivity contribution in [1.82, 2.24) is 0 Å². The highest BCUT2D eigenvalue weighted by molar-refractivity contribution is 6.00. The number of anilines is 1. The van der Waals surface area contributed by atoms with E-state index in [1.165, 1.54) is 0 Å². The van der Waals surface area contributed by atoms with E-state index in [9.17, 15) is 18.0 Å². The van der Waals surface area contributed by atoms with Gasteiger partial charge in [-0.3, -0.25) is 9.69 Å². The van der Waals surface area contributed by atoms with Crippen molar-refractivity contribution in [3.8, 4) is 0 Å². The predicted molar refractivity (Wildman–Crippen MR) is 91.6 cm³/mol. The number of hydrogen-bond donors (Lipinski definition) is 0. The average molecular weight is 347 g/mol. The van der Waals surface area contributed by atoms with Crippen LogP contribution in [-0.4, -0.2) is 17.6 Å². The number of hydrogen-bond acceptors (Lipinski definition) is 1. The maximum atomic E-state index is 13.2. The van der Waals surface area contributed by atoms with Gasteiger partial charge >= 0.3 is 12.1 Å². The minimum Gasteiger partial charge on any atom is -0.299 e. The fraction of sp³-hybridized carbons (Fsp3) is 0.350. The lowest BCUT2D eigenvalue weighted by Gasteiger charge is -2.51. The summed E-state index contributed by atoms with van der Waals surface area (Å²) in [6, 6.07) is 16.6. The van der Waals surface area contributed by atoms with Gasteiger partial charge in [0.05, 0.1) is 0 Å². The van der Waals surface area contributed by atoms with Crippen LogP contribution in [0.5, 0.6) is 0 Å². The van der Waals surface area contributed by atoms with Gasteiger partial charge in [-0.2, -0.15) is 13.2 Å². The zero-order valence-electron chi connectivity index (χ0n) is 14.4. The minimum absolute atomic E-state index is 0.326. The Bertz CT molecular complexity index is 798. The standard InChI is InChI=1S/C20H20F3NO/c1-18(2)13-19(3,14-9-5-4-6-10-14)15-11-7-8-12-16(15)24(18)17(25)20(21,22)23/h4-12H,13H2,1-3H3/t19-/m1/s1. The Balaban J connectivity index is 2.24. The summed E-state index contributed by atoms with van der Waals surface area (Å²) in [7, 11) is 0. The van der Waals surface area contributed by atoms with E-state index in [0.717, 1.165) is 16.0 Å². The molecule has 2 aromatic carbocycles. The van der Waals surface area contributed by atoms with E-state index in [4.69, 9.17) is 0 Å². The summed E-state index contributed by atoms with van der Waals surface area (Å²) in [5.41, 5.74) is 0.620. The van der Waals surface area contributed by atoms with Crippen LogP contribution < -0.4 is 4.90 Å². The summed E-state index contributed by atoms with van der Waals surface area (Å²) in [6.45, 7) is 5.40. The topological polar surface area (TPSA) is 20.3 Å². The van der Waals surface area contributed by atoms with Crippen molar-refractivity contribution < 1.29 is 18.0 Å². The van der Waals surface area contributed by atoms with Crippen LogP contribution in [0.15, 0.2) is 54.6 Å². The predicted octanol–water partition coefficient (Wildman–Crippen LogP) is 5.07. The number of halogens is 3. The lowest BCUT2D eigenvalue weighted by molar-refractivity contribution is -0.172. The van der Waals surface area contributed by atoms with Gasteiger partial charge in [-0.05, 0) is 37.5 Å². The molecule has 0 aliphatic carbocycles. The fourth-order valence-corrected chi connectivity index (χ4v) is 4.08. The van der Waals surface area contributed by atoms with Crippen LogP contribution in [0.4, 0.5) is 18.9 Å². The molecular weight excluding hydrogens is 327 g/mol. The number of alkyl halides is 3. The second-order valence-electron chi connectivity index (χ2n) is 7.34. The van der Waals surface area contributed by atoms with Crippen molar-refractivity contribution in [2.24, 2.45) is 0 Å². The maximum absolute atomic E-state index is 13.2. The van der Waals surface area contributed by atoms with Crippen LogP contribution in [0.2, 0.25) is 0 Å². The van der Waals surface area contributed by atoms with Gasteiger partial charge in [-0.1, -0.05) is 55.5 Å². The lowest BCUT2D eigenvalue weighted by atomic mass is 9.65. The van der Waals surface area contributed by atoms with Crippen LogP contribution in [0.25, 0.3) is 0 Å². The molecule has 0 fully saturated rings. The van der Waals surface area contributed by atoms with Crippen molar-refractivity contribution in [1.29, 1.82) is 0 Å². The molecule has 0 unspecified atom stereocenters. The molecule has 0 bridgehead atoms. The molecule has 1 aliphatic heterocycles. The molecule has 1 heterocycles. The van der Waals surface area contributed by atoms with Crippen molar-refractivity contribution in [2.75, 3.05) is 4.90 Å². The van der Waals surface area contributed by atoms with Gasteiger partial charge in [0.1, 0.15) is 0 Å². The number of fused-ring (bicyclic) bond motifs is 1. The molecule has 3 rings (SSSR count). The van der Waals surface area contributed by atoms with E-state index in [-0.39, 0.29) is 0 Å². The van der Waals surface area contributed by atoms with Gasteiger partial charge in [0.15, 0.2) is 0 Å². The zero-order chi connectivity index (χ0) is 18.5. The SMILES string of the molecule is CC1(C)C[C@](C)(c2ccccc2)c2ccccc2N1C(=O)C(F)(F)F. The Kier molecular flexibility index (Phi) is 3.93. The number of nitrogens with zero attached hydrogens (tertiary/aromatic N) is 1. The summed E-state index contributed by atoms with van der Waals surface area (Å²) in [4.78, 5) is 13.1. The molecule has 2 aromatic rings. The third-order valence-corrected chi connectivity index (χ3v) is 4.99. The molecule has 0 spiro atoms. The number of carbonyl (C=O) groups is 1. The molecule has 1 amide bonds. The largest absolute Gasteiger partial charge is 0.471 e. The van der Waals surface area contributed by atoms with Gasteiger partial charge in [0.2, 0.25) is 0 Å². The summed E-state index contributed by atoms with van der Waals surface area (Å²) < 4.78 is 39.6. The highest BCUT2D eigenvalue weighted by atomic mass is 19.4. The van der Waals surface area contributed by atoms with E-state index < -0.39 is 23.0 Å². The molecule has 25 heavy (non-hydrogen) atoms. The molecule has 132 valence electrons. The molecule has 0 saturated heterocycles. The van der Waals surface area contributed by atoms with Crippen LogP contribution in [0.1, 0.15) is 38.3 Å². The monoisotopic (exact) mass is 347 g/mol. The summed E-state index contributed by atoms with van der Waals surface area (Å²) in [5.74, 6) is -1.82. The highest BCUT2D eigenvalue weighted by Gasteiger charge is 2.53. The molecular formula is C20H20F3NO. The fourth-order valence-electron chi connectivity index (χ4n) is 4.08. The number of benzene rings is 2. The Morgan fingerprint density at radius 2 is 1.52 bits per heavy atom. The van der Waals surface area contributed by atoms with E-state index >= 15 is 0 Å². The molecule has 2 nitrogen and oxygen atoms in total. The lowest BCUT2D eigenvalue weighted by Crippen LogP contribution is -2.59. The number of carbonyl (C=O) groups excluding carboxylic acids is 1. The van der Waals surface area contributed by atoms with Gasteiger partial charge in [-0.15, -0.1) is 0 Å².